The zero-order valence-electron chi connectivity index (χ0n) is 11.2. The van der Waals surface area contributed by atoms with Gasteiger partial charge in [-0.05, 0) is 44.1 Å². The van der Waals surface area contributed by atoms with Crippen molar-refractivity contribution in [2.45, 2.75) is 44.6 Å². The van der Waals surface area contributed by atoms with Crippen LogP contribution < -0.4 is 5.73 Å². The van der Waals surface area contributed by atoms with E-state index in [1.54, 1.807) is 0 Å². The molecule has 1 aliphatic heterocycles. The van der Waals surface area contributed by atoms with E-state index < -0.39 is 0 Å². The van der Waals surface area contributed by atoms with Crippen LogP contribution in [0.5, 0.6) is 0 Å². The van der Waals surface area contributed by atoms with Crippen molar-refractivity contribution in [2.24, 2.45) is 17.6 Å². The summed E-state index contributed by atoms with van der Waals surface area (Å²) in [5.41, 5.74) is 6.36. The molecule has 3 heteroatoms. The lowest BCUT2D eigenvalue weighted by molar-refractivity contribution is 0.0844. The summed E-state index contributed by atoms with van der Waals surface area (Å²) < 4.78 is 5.28. The fraction of sp³-hybridized carbons (Fsp3) is 1.00. The Morgan fingerprint density at radius 3 is 2.71 bits per heavy atom. The molecule has 0 bridgehead atoms. The van der Waals surface area contributed by atoms with E-state index in [-0.39, 0.29) is 0 Å². The summed E-state index contributed by atoms with van der Waals surface area (Å²) >= 11 is 0. The van der Waals surface area contributed by atoms with Crippen LogP contribution in [0.25, 0.3) is 0 Å². The Kier molecular flexibility index (Phi) is 5.26. The third-order valence-corrected chi connectivity index (χ3v) is 4.48. The number of hydrogen-bond acceptors (Lipinski definition) is 3. The van der Waals surface area contributed by atoms with Gasteiger partial charge in [0.25, 0.3) is 0 Å². The predicted molar refractivity (Wildman–Crippen MR) is 71.0 cm³/mol. The number of ether oxygens (including phenoxy) is 1. The summed E-state index contributed by atoms with van der Waals surface area (Å²) in [6.07, 6.45) is 8.14. The molecule has 1 heterocycles. The van der Waals surface area contributed by atoms with Crippen molar-refractivity contribution < 1.29 is 4.74 Å². The number of likely N-dealkylation sites (tertiary alicyclic amines) is 1. The topological polar surface area (TPSA) is 38.5 Å². The summed E-state index contributed by atoms with van der Waals surface area (Å²) in [6, 6.07) is 0.402. The lowest BCUT2D eigenvalue weighted by atomic mass is 9.95. The monoisotopic (exact) mass is 240 g/mol. The molecular formula is C14H28N2O. The molecule has 1 saturated carbocycles. The van der Waals surface area contributed by atoms with Crippen LogP contribution in [0.15, 0.2) is 0 Å². The minimum Gasteiger partial charge on any atom is -0.384 e. The average Bonchev–Trinajstić information content (AvgIpc) is 2.83. The van der Waals surface area contributed by atoms with Crippen LogP contribution in [-0.2, 0) is 4.74 Å². The number of nitrogens with two attached hydrogens (primary N) is 1. The lowest BCUT2D eigenvalue weighted by Crippen LogP contribution is -2.46. The molecule has 2 N–H and O–H groups in total. The Morgan fingerprint density at radius 1 is 1.24 bits per heavy atom. The first kappa shape index (κ1) is 13.3. The molecule has 17 heavy (non-hydrogen) atoms. The minimum absolute atomic E-state index is 0.402. The summed E-state index contributed by atoms with van der Waals surface area (Å²) in [5.74, 6) is 1.52. The van der Waals surface area contributed by atoms with Gasteiger partial charge >= 0.3 is 0 Å². The van der Waals surface area contributed by atoms with Crippen LogP contribution in [0.3, 0.4) is 0 Å². The van der Waals surface area contributed by atoms with Gasteiger partial charge < -0.3 is 15.4 Å². The molecule has 2 aliphatic rings. The zero-order valence-corrected chi connectivity index (χ0v) is 11.2. The summed E-state index contributed by atoms with van der Waals surface area (Å²) in [6.45, 7) is 4.44. The Bertz CT molecular complexity index is 214. The van der Waals surface area contributed by atoms with Gasteiger partial charge in [-0.3, -0.25) is 0 Å². The van der Waals surface area contributed by atoms with Crippen LogP contribution in [0.4, 0.5) is 0 Å². The second-order valence-corrected chi connectivity index (χ2v) is 5.93. The first-order valence-corrected chi connectivity index (χ1v) is 7.26. The predicted octanol–water partition coefficient (Wildman–Crippen LogP) is 1.86. The van der Waals surface area contributed by atoms with E-state index in [9.17, 15) is 0 Å². The van der Waals surface area contributed by atoms with Gasteiger partial charge in [-0.15, -0.1) is 0 Å². The maximum absolute atomic E-state index is 6.36. The molecule has 0 spiro atoms. The van der Waals surface area contributed by atoms with Crippen molar-refractivity contribution in [3.05, 3.63) is 0 Å². The molecule has 2 atom stereocenters. The van der Waals surface area contributed by atoms with E-state index in [2.05, 4.69) is 4.90 Å². The quantitative estimate of drug-likeness (QED) is 0.797. The van der Waals surface area contributed by atoms with Crippen molar-refractivity contribution in [3.63, 3.8) is 0 Å². The van der Waals surface area contributed by atoms with Crippen molar-refractivity contribution in [2.75, 3.05) is 33.4 Å². The molecule has 0 aromatic carbocycles. The van der Waals surface area contributed by atoms with Gasteiger partial charge in [0.1, 0.15) is 0 Å². The van der Waals surface area contributed by atoms with Crippen molar-refractivity contribution >= 4 is 0 Å². The highest BCUT2D eigenvalue weighted by atomic mass is 16.5. The summed E-state index contributed by atoms with van der Waals surface area (Å²) in [7, 11) is 1.81. The molecule has 3 nitrogen and oxygen atoms in total. The Morgan fingerprint density at radius 2 is 2.00 bits per heavy atom. The molecule has 0 radical (unpaired) electrons. The molecule has 0 aromatic heterocycles. The van der Waals surface area contributed by atoms with Crippen LogP contribution in [0.1, 0.15) is 38.5 Å². The molecule has 0 aromatic rings. The number of piperidine rings is 1. The summed E-state index contributed by atoms with van der Waals surface area (Å²) in [5, 5.41) is 0. The van der Waals surface area contributed by atoms with Crippen LogP contribution in [0, 0.1) is 11.8 Å². The SMILES string of the molecule is COCC1CCCN(CC(N)C2CCCC2)C1. The normalized spacial score (nSPS) is 29.6. The third kappa shape index (κ3) is 3.94. The number of rotatable bonds is 5. The lowest BCUT2D eigenvalue weighted by Gasteiger charge is -2.35. The first-order valence-electron chi connectivity index (χ1n) is 7.26. The molecule has 100 valence electrons. The number of nitrogens with zero attached hydrogens (tertiary/aromatic N) is 1. The summed E-state index contributed by atoms with van der Waals surface area (Å²) in [4.78, 5) is 2.57. The van der Waals surface area contributed by atoms with Crippen molar-refractivity contribution in [1.29, 1.82) is 0 Å². The average molecular weight is 240 g/mol. The van der Waals surface area contributed by atoms with Crippen LogP contribution >= 0.6 is 0 Å². The molecule has 1 saturated heterocycles. The maximum atomic E-state index is 6.36. The van der Waals surface area contributed by atoms with E-state index in [0.29, 0.717) is 6.04 Å². The fourth-order valence-corrected chi connectivity index (χ4v) is 3.52. The van der Waals surface area contributed by atoms with Gasteiger partial charge in [-0.1, -0.05) is 12.8 Å². The maximum Gasteiger partial charge on any atom is 0.0502 e. The van der Waals surface area contributed by atoms with Crippen molar-refractivity contribution in [1.82, 2.24) is 4.90 Å². The Hall–Kier alpha value is -0.120. The van der Waals surface area contributed by atoms with Gasteiger partial charge in [-0.25, -0.2) is 0 Å². The fourth-order valence-electron chi connectivity index (χ4n) is 3.52. The van der Waals surface area contributed by atoms with Gasteiger partial charge in [0, 0.05) is 26.2 Å². The highest BCUT2D eigenvalue weighted by Gasteiger charge is 2.26. The highest BCUT2D eigenvalue weighted by molar-refractivity contribution is 4.82. The first-order chi connectivity index (χ1) is 8.29. The second kappa shape index (κ2) is 6.72. The second-order valence-electron chi connectivity index (χ2n) is 5.93. The van der Waals surface area contributed by atoms with E-state index in [1.807, 2.05) is 7.11 Å². The molecule has 2 rings (SSSR count). The van der Waals surface area contributed by atoms with E-state index in [1.165, 1.54) is 51.6 Å². The Labute approximate surface area is 106 Å². The highest BCUT2D eigenvalue weighted by Crippen LogP contribution is 2.27. The molecule has 0 amide bonds. The van der Waals surface area contributed by atoms with Crippen LogP contribution in [0.2, 0.25) is 0 Å². The van der Waals surface area contributed by atoms with E-state index in [4.69, 9.17) is 10.5 Å². The van der Waals surface area contributed by atoms with E-state index in [0.717, 1.165) is 25.0 Å². The minimum atomic E-state index is 0.402. The third-order valence-electron chi connectivity index (χ3n) is 4.48. The molecular weight excluding hydrogens is 212 g/mol. The van der Waals surface area contributed by atoms with Gasteiger partial charge in [-0.2, -0.15) is 0 Å². The smallest absolute Gasteiger partial charge is 0.0502 e. The largest absolute Gasteiger partial charge is 0.384 e. The van der Waals surface area contributed by atoms with Gasteiger partial charge in [0.15, 0.2) is 0 Å². The molecule has 2 unspecified atom stereocenters. The van der Waals surface area contributed by atoms with Crippen molar-refractivity contribution in [3.8, 4) is 0 Å². The standard InChI is InChI=1S/C14H28N2O/c1-17-11-12-5-4-8-16(9-12)10-14(15)13-6-2-3-7-13/h12-14H,2-11,15H2,1H3. The number of hydrogen-bond donors (Lipinski definition) is 1. The zero-order chi connectivity index (χ0) is 12.1. The molecule has 2 fully saturated rings. The Balaban J connectivity index is 1.73. The van der Waals surface area contributed by atoms with Crippen LogP contribution in [-0.4, -0.2) is 44.3 Å². The van der Waals surface area contributed by atoms with E-state index >= 15 is 0 Å². The van der Waals surface area contributed by atoms with Gasteiger partial charge in [0.2, 0.25) is 0 Å². The van der Waals surface area contributed by atoms with Gasteiger partial charge in [0.05, 0.1) is 6.61 Å². The molecule has 1 aliphatic carbocycles. The number of methoxy groups -OCH3 is 1.